The second kappa shape index (κ2) is 6.60. The molecule has 1 aliphatic rings. The van der Waals surface area contributed by atoms with Gasteiger partial charge in [0.2, 0.25) is 0 Å². The van der Waals surface area contributed by atoms with Crippen LogP contribution >= 0.6 is 27.7 Å². The number of phenols is 1. The zero-order valence-corrected chi connectivity index (χ0v) is 14.3. The molecule has 0 saturated carbocycles. The molecule has 4 nitrogen and oxygen atoms in total. The predicted molar refractivity (Wildman–Crippen MR) is 93.8 cm³/mol. The van der Waals surface area contributed by atoms with Crippen molar-refractivity contribution in [2.45, 2.75) is 6.54 Å². The van der Waals surface area contributed by atoms with Crippen molar-refractivity contribution in [3.63, 3.8) is 0 Å². The van der Waals surface area contributed by atoms with Crippen molar-refractivity contribution in [3.05, 3.63) is 69.0 Å². The van der Waals surface area contributed by atoms with Gasteiger partial charge in [-0.05, 0) is 53.2 Å². The van der Waals surface area contributed by atoms with Crippen molar-refractivity contribution in [2.24, 2.45) is 0 Å². The number of thioether (sulfide) groups is 1. The van der Waals surface area contributed by atoms with E-state index < -0.39 is 0 Å². The van der Waals surface area contributed by atoms with Gasteiger partial charge in [-0.25, -0.2) is 0 Å². The van der Waals surface area contributed by atoms with E-state index in [-0.39, 0.29) is 23.4 Å². The third-order valence-electron chi connectivity index (χ3n) is 3.30. The number of carbonyl (C=O) groups is 2. The van der Waals surface area contributed by atoms with Gasteiger partial charge in [-0.15, -0.1) is 0 Å². The SMILES string of the molecule is O=C1S/C(=C\c2cccc(O)c2)C(=O)N1Cc1ccc(Br)cc1. The average Bonchev–Trinajstić information content (AvgIpc) is 2.77. The van der Waals surface area contributed by atoms with Crippen LogP contribution in [-0.4, -0.2) is 21.2 Å². The lowest BCUT2D eigenvalue weighted by atomic mass is 10.2. The van der Waals surface area contributed by atoms with Gasteiger partial charge in [0.05, 0.1) is 11.4 Å². The Bertz CT molecular complexity index is 802. The van der Waals surface area contributed by atoms with Crippen LogP contribution in [0.25, 0.3) is 6.08 Å². The summed E-state index contributed by atoms with van der Waals surface area (Å²) in [7, 11) is 0. The van der Waals surface area contributed by atoms with E-state index in [1.54, 1.807) is 30.3 Å². The van der Waals surface area contributed by atoms with Gasteiger partial charge >= 0.3 is 0 Å². The molecule has 0 spiro atoms. The largest absolute Gasteiger partial charge is 0.508 e. The van der Waals surface area contributed by atoms with Crippen molar-refractivity contribution in [1.29, 1.82) is 0 Å². The van der Waals surface area contributed by atoms with Gasteiger partial charge in [0.1, 0.15) is 5.75 Å². The standard InChI is InChI=1S/C17H12BrNO3S/c18-13-6-4-11(5-7-13)10-19-16(21)15(23-17(19)22)9-12-2-1-3-14(20)8-12/h1-9,20H,10H2/b15-9-. The fraction of sp³-hybridized carbons (Fsp3) is 0.0588. The van der Waals surface area contributed by atoms with Gasteiger partial charge < -0.3 is 5.11 Å². The highest BCUT2D eigenvalue weighted by atomic mass is 79.9. The lowest BCUT2D eigenvalue weighted by Gasteiger charge is -2.12. The minimum atomic E-state index is -0.314. The predicted octanol–water partition coefficient (Wildman–Crippen LogP) is 4.39. The number of amides is 2. The Morgan fingerprint density at radius 1 is 1.13 bits per heavy atom. The highest BCUT2D eigenvalue weighted by Crippen LogP contribution is 2.33. The number of imide groups is 1. The van der Waals surface area contributed by atoms with Crippen molar-refractivity contribution >= 4 is 44.9 Å². The summed E-state index contributed by atoms with van der Waals surface area (Å²) in [5.41, 5.74) is 1.56. The van der Waals surface area contributed by atoms with Crippen LogP contribution in [0.5, 0.6) is 5.75 Å². The molecule has 2 aromatic carbocycles. The first kappa shape index (κ1) is 15.8. The van der Waals surface area contributed by atoms with Crippen LogP contribution in [0.2, 0.25) is 0 Å². The Balaban J connectivity index is 1.81. The van der Waals surface area contributed by atoms with E-state index in [9.17, 15) is 14.7 Å². The number of rotatable bonds is 3. The van der Waals surface area contributed by atoms with Crippen LogP contribution in [0.1, 0.15) is 11.1 Å². The molecule has 1 saturated heterocycles. The van der Waals surface area contributed by atoms with Gasteiger partial charge in [0, 0.05) is 4.47 Å². The van der Waals surface area contributed by atoms with E-state index in [2.05, 4.69) is 15.9 Å². The Kier molecular flexibility index (Phi) is 4.54. The molecule has 0 unspecified atom stereocenters. The van der Waals surface area contributed by atoms with E-state index >= 15 is 0 Å². The molecule has 1 fully saturated rings. The third kappa shape index (κ3) is 3.65. The summed E-state index contributed by atoms with van der Waals surface area (Å²) < 4.78 is 0.944. The number of aromatic hydroxyl groups is 1. The minimum Gasteiger partial charge on any atom is -0.508 e. The van der Waals surface area contributed by atoms with Gasteiger partial charge in [-0.3, -0.25) is 14.5 Å². The summed E-state index contributed by atoms with van der Waals surface area (Å²) in [5, 5.41) is 9.18. The molecule has 0 radical (unpaired) electrons. The van der Waals surface area contributed by atoms with Crippen LogP contribution in [0, 0.1) is 0 Å². The maximum absolute atomic E-state index is 12.4. The van der Waals surface area contributed by atoms with E-state index in [1.165, 1.54) is 4.90 Å². The number of halogens is 1. The number of carbonyl (C=O) groups excluding carboxylic acids is 2. The Morgan fingerprint density at radius 2 is 1.87 bits per heavy atom. The molecule has 6 heteroatoms. The van der Waals surface area contributed by atoms with E-state index in [4.69, 9.17) is 0 Å². The molecule has 0 aromatic heterocycles. The molecule has 0 aliphatic carbocycles. The van der Waals surface area contributed by atoms with Crippen LogP contribution < -0.4 is 0 Å². The molecule has 2 aromatic rings. The maximum Gasteiger partial charge on any atom is 0.293 e. The second-order valence-electron chi connectivity index (χ2n) is 4.99. The summed E-state index contributed by atoms with van der Waals surface area (Å²) in [6.07, 6.45) is 1.62. The maximum atomic E-state index is 12.4. The lowest BCUT2D eigenvalue weighted by molar-refractivity contribution is -0.123. The smallest absolute Gasteiger partial charge is 0.293 e. The monoisotopic (exact) mass is 389 g/mol. The van der Waals surface area contributed by atoms with Crippen LogP contribution in [0.15, 0.2) is 57.9 Å². The quantitative estimate of drug-likeness (QED) is 0.790. The van der Waals surface area contributed by atoms with Crippen molar-refractivity contribution < 1.29 is 14.7 Å². The first-order valence-corrected chi connectivity index (χ1v) is 8.43. The first-order valence-electron chi connectivity index (χ1n) is 6.82. The van der Waals surface area contributed by atoms with E-state index in [0.29, 0.717) is 10.5 Å². The van der Waals surface area contributed by atoms with Crippen molar-refractivity contribution in [3.8, 4) is 5.75 Å². The number of benzene rings is 2. The van der Waals surface area contributed by atoms with Crippen LogP contribution in [-0.2, 0) is 11.3 Å². The normalized spacial score (nSPS) is 16.4. The Hall–Kier alpha value is -2.05. The number of phenolic OH excluding ortho intramolecular Hbond substituents is 1. The molecular formula is C17H12BrNO3S. The number of hydrogen-bond donors (Lipinski definition) is 1. The van der Waals surface area contributed by atoms with Gasteiger partial charge in [-0.2, -0.15) is 0 Å². The third-order valence-corrected chi connectivity index (χ3v) is 4.73. The minimum absolute atomic E-state index is 0.118. The van der Waals surface area contributed by atoms with E-state index in [0.717, 1.165) is 21.8 Å². The van der Waals surface area contributed by atoms with Crippen molar-refractivity contribution in [2.75, 3.05) is 0 Å². The average molecular weight is 390 g/mol. The van der Waals surface area contributed by atoms with Gasteiger partial charge in [-0.1, -0.05) is 40.2 Å². The Morgan fingerprint density at radius 3 is 2.57 bits per heavy atom. The zero-order valence-electron chi connectivity index (χ0n) is 11.9. The number of nitrogens with zero attached hydrogens (tertiary/aromatic N) is 1. The van der Waals surface area contributed by atoms with Gasteiger partial charge in [0.15, 0.2) is 0 Å². The summed E-state index contributed by atoms with van der Waals surface area (Å²) in [4.78, 5) is 26.1. The molecule has 3 rings (SSSR count). The highest BCUT2D eigenvalue weighted by Gasteiger charge is 2.34. The van der Waals surface area contributed by atoms with Crippen LogP contribution in [0.4, 0.5) is 4.79 Å². The molecule has 0 bridgehead atoms. The highest BCUT2D eigenvalue weighted by molar-refractivity contribution is 9.10. The molecule has 1 aliphatic heterocycles. The Labute approximate surface area is 145 Å². The molecule has 1 N–H and O–H groups in total. The molecular weight excluding hydrogens is 378 g/mol. The van der Waals surface area contributed by atoms with Gasteiger partial charge in [0.25, 0.3) is 11.1 Å². The zero-order chi connectivity index (χ0) is 16.4. The fourth-order valence-electron chi connectivity index (χ4n) is 2.17. The number of hydrogen-bond acceptors (Lipinski definition) is 4. The molecule has 0 atom stereocenters. The topological polar surface area (TPSA) is 57.6 Å². The van der Waals surface area contributed by atoms with Crippen molar-refractivity contribution in [1.82, 2.24) is 4.90 Å². The fourth-order valence-corrected chi connectivity index (χ4v) is 3.28. The molecule has 23 heavy (non-hydrogen) atoms. The molecule has 2 amide bonds. The molecule has 116 valence electrons. The lowest BCUT2D eigenvalue weighted by Crippen LogP contribution is -2.27. The summed E-state index contributed by atoms with van der Waals surface area (Å²) in [6, 6.07) is 14.0. The van der Waals surface area contributed by atoms with E-state index in [1.807, 2.05) is 24.3 Å². The summed E-state index contributed by atoms with van der Waals surface area (Å²) in [5.74, 6) is -0.195. The summed E-state index contributed by atoms with van der Waals surface area (Å²) in [6.45, 7) is 0.245. The molecule has 1 heterocycles. The summed E-state index contributed by atoms with van der Waals surface area (Å²) >= 11 is 4.27. The van der Waals surface area contributed by atoms with Crippen LogP contribution in [0.3, 0.4) is 0 Å². The second-order valence-corrected chi connectivity index (χ2v) is 6.90. The first-order chi connectivity index (χ1) is 11.0.